The van der Waals surface area contributed by atoms with E-state index in [-0.39, 0.29) is 20.6 Å². The average Bonchev–Trinajstić information content (AvgIpc) is 1.72. The van der Waals surface area contributed by atoms with E-state index >= 15 is 0 Å². The fourth-order valence-electron chi connectivity index (χ4n) is 8.02. The van der Waals surface area contributed by atoms with Gasteiger partial charge in [0.1, 0.15) is 90.6 Å². The maximum absolute atomic E-state index is 13.6. The number of hydrogen-bond acceptors (Lipinski definition) is 24. The topological polar surface area (TPSA) is 174 Å². The highest BCUT2D eigenvalue weighted by molar-refractivity contribution is 7.20. The van der Waals surface area contributed by atoms with Crippen molar-refractivity contribution < 1.29 is 65.9 Å². The third-order valence-corrected chi connectivity index (χ3v) is 20.2. The van der Waals surface area contributed by atoms with Gasteiger partial charge in [0.05, 0.1) is 18.6 Å². The van der Waals surface area contributed by atoms with Crippen LogP contribution >= 0.6 is 68.0 Å². The molecule has 0 atom stereocenters. The number of aromatic nitrogens is 12. The monoisotopic (exact) mass is 1560 g/mol. The van der Waals surface area contributed by atoms with Gasteiger partial charge in [0.25, 0.3) is 0 Å². The van der Waals surface area contributed by atoms with E-state index in [9.17, 15) is 65.9 Å². The lowest BCUT2D eigenvalue weighted by Gasteiger charge is -2.18. The number of alkyl halides is 6. The molecule has 0 saturated carbocycles. The maximum atomic E-state index is 13.6. The van der Waals surface area contributed by atoms with E-state index in [1.165, 1.54) is 78.0 Å². The Hall–Kier alpha value is -9.57. The molecule has 546 valence electrons. The van der Waals surface area contributed by atoms with Gasteiger partial charge < -0.3 is 29.4 Å². The van der Waals surface area contributed by atoms with E-state index in [4.69, 9.17) is 0 Å². The van der Waals surface area contributed by atoms with Crippen molar-refractivity contribution in [3.63, 3.8) is 0 Å². The first-order valence-electron chi connectivity index (χ1n) is 29.6. The molecular weight excluding hydrogens is 1500 g/mol. The van der Waals surface area contributed by atoms with Crippen molar-refractivity contribution in [3.8, 4) is 63.4 Å². The normalized spacial score (nSPS) is 10.9. The fraction of sp³-hybridized carbons (Fsp3) is 0.250. The van der Waals surface area contributed by atoms with Crippen molar-refractivity contribution in [3.05, 3.63) is 182 Å². The molecule has 39 heteroatoms. The molecule has 0 aliphatic rings. The van der Waals surface area contributed by atoms with Crippen LogP contribution in [-0.4, -0.2) is 155 Å². The lowest BCUT2D eigenvalue weighted by atomic mass is 10.3. The van der Waals surface area contributed by atoms with Crippen LogP contribution in [0.25, 0.3) is 63.4 Å². The van der Waals surface area contributed by atoms with E-state index in [1.54, 1.807) is 93.1 Å². The molecule has 0 saturated heterocycles. The summed E-state index contributed by atoms with van der Waals surface area (Å²) in [5.41, 5.74) is 3.44. The second kappa shape index (κ2) is 37.0. The van der Waals surface area contributed by atoms with Crippen LogP contribution in [0.5, 0.6) is 0 Å². The highest BCUT2D eigenvalue weighted by Crippen LogP contribution is 2.39. The summed E-state index contributed by atoms with van der Waals surface area (Å²) in [6, 6.07) is 14.3. The van der Waals surface area contributed by atoms with Gasteiger partial charge in [-0.15, -0.1) is 0 Å². The molecule has 0 aliphatic carbocycles. The van der Waals surface area contributed by atoms with E-state index in [1.807, 2.05) is 50.1 Å². The maximum Gasteiger partial charge on any atom is 0.405 e. The Morgan fingerprint density at radius 3 is 0.728 bits per heavy atom. The van der Waals surface area contributed by atoms with Gasteiger partial charge in [0.15, 0.2) is 0 Å². The van der Waals surface area contributed by atoms with Crippen molar-refractivity contribution in [2.24, 2.45) is 0 Å². The second-order valence-corrected chi connectivity index (χ2v) is 27.2. The molecule has 12 aromatic heterocycles. The van der Waals surface area contributed by atoms with Crippen LogP contribution in [0.2, 0.25) is 0 Å². The minimum Gasteiger partial charge on any atom is -0.366 e. The summed E-state index contributed by atoms with van der Waals surface area (Å²) in [6.07, 6.45) is 8.27. The molecule has 0 radical (unpaired) electrons. The number of nitrogens with zero attached hydrogens (tertiary/aromatic N) is 18. The average molecular weight is 1560 g/mol. The molecule has 12 rings (SSSR count). The molecule has 12 heterocycles. The van der Waals surface area contributed by atoms with E-state index in [0.29, 0.717) is 84.5 Å². The Morgan fingerprint density at radius 2 is 0.524 bits per heavy atom. The molecule has 0 amide bonds. The molecule has 103 heavy (non-hydrogen) atoms. The van der Waals surface area contributed by atoms with Crippen molar-refractivity contribution in [1.82, 2.24) is 59.8 Å². The smallest absolute Gasteiger partial charge is 0.366 e. The van der Waals surface area contributed by atoms with Gasteiger partial charge in [-0.2, -0.15) is 52.7 Å². The molecule has 0 aliphatic heterocycles. The second-order valence-electron chi connectivity index (χ2n) is 21.4. The first-order valence-corrected chi connectivity index (χ1v) is 34.5. The molecule has 18 nitrogen and oxygen atoms in total. The summed E-state index contributed by atoms with van der Waals surface area (Å²) in [4.78, 5) is 53.7. The summed E-state index contributed by atoms with van der Waals surface area (Å²) in [7, 11) is 13.0. The first kappa shape index (κ1) is 80.7. The number of rotatable bonds is 16. The van der Waals surface area contributed by atoms with Gasteiger partial charge in [-0.25, -0.2) is 43.1 Å². The van der Waals surface area contributed by atoms with E-state index < -0.39 is 78.6 Å². The third-order valence-electron chi connectivity index (χ3n) is 13.0. The summed E-state index contributed by atoms with van der Waals surface area (Å²) in [6.45, 7) is 2.81. The van der Waals surface area contributed by atoms with Crippen LogP contribution < -0.4 is 29.4 Å². The zero-order valence-corrected chi connectivity index (χ0v) is 60.5. The van der Waals surface area contributed by atoms with Crippen LogP contribution in [0.4, 0.5) is 95.9 Å². The molecule has 0 unspecified atom stereocenters. The number of hydrogen-bond donors (Lipinski definition) is 0. The largest absolute Gasteiger partial charge is 0.405 e. The van der Waals surface area contributed by atoms with Crippen molar-refractivity contribution in [2.45, 2.75) is 26.2 Å². The molecule has 0 bridgehead atoms. The fourth-order valence-corrected chi connectivity index (χ4v) is 13.4. The highest BCUT2D eigenvalue weighted by Gasteiger charge is 2.33. The molecule has 0 N–H and O–H groups in total. The first-order chi connectivity index (χ1) is 48.7. The zero-order chi connectivity index (χ0) is 75.5. The zero-order valence-electron chi connectivity index (χ0n) is 55.6. The van der Waals surface area contributed by atoms with Crippen LogP contribution in [0.3, 0.4) is 0 Å². The van der Waals surface area contributed by atoms with Gasteiger partial charge in [-0.3, -0.25) is 29.9 Å². The highest BCUT2D eigenvalue weighted by atomic mass is 32.1. The van der Waals surface area contributed by atoms with Gasteiger partial charge in [0.2, 0.25) is 35.7 Å². The Morgan fingerprint density at radius 1 is 0.301 bits per heavy atom. The lowest BCUT2D eigenvalue weighted by molar-refractivity contribution is -0.120. The summed E-state index contributed by atoms with van der Waals surface area (Å²) < 4.78 is 194. The molecule has 12 aromatic rings. The summed E-state index contributed by atoms with van der Waals surface area (Å²) >= 11 is 6.58. The van der Waals surface area contributed by atoms with Gasteiger partial charge in [-0.05, 0) is 68.4 Å². The molecule has 0 fully saturated rings. The number of halogens is 15. The van der Waals surface area contributed by atoms with Crippen LogP contribution in [0.15, 0.2) is 129 Å². The number of pyridine rings is 6. The quantitative estimate of drug-likeness (QED) is 0.0835. The van der Waals surface area contributed by atoms with E-state index in [0.717, 1.165) is 76.9 Å². The van der Waals surface area contributed by atoms with Gasteiger partial charge in [-0.1, -0.05) is 68.0 Å². The van der Waals surface area contributed by atoms with Crippen molar-refractivity contribution in [2.75, 3.05) is 112 Å². The Balaban J connectivity index is 0.000000173. The molecule has 0 aromatic carbocycles. The van der Waals surface area contributed by atoms with Crippen LogP contribution in [-0.2, 0) is 0 Å². The molecular formula is C64H59F15N18S6. The summed E-state index contributed by atoms with van der Waals surface area (Å²) in [5.74, 6) is -5.40. The van der Waals surface area contributed by atoms with Crippen LogP contribution in [0.1, 0.15) is 13.8 Å². The van der Waals surface area contributed by atoms with Crippen molar-refractivity contribution >= 4 is 98.0 Å². The van der Waals surface area contributed by atoms with Crippen LogP contribution in [0, 0.1) is 53.1 Å². The standard InChI is InChI=1S/C11H8F5N3S.C11H9F4N3S.C11H11F2N3S.C11H12FN3S.C10H9F2N3S.C10H10FN3S/c1-19(5-11(14,15)16)10-8(13)18-9(20-10)6-2-7(12)4-17-3-6;1-18(6-11(13,14)15)10-8(12)17-9(19-10)7-3-2-4-16-5-7;1-3-16(2)11-9(13)15-10(17-11)7-4-8(12)6-14-5-7;1-3-15(2)11-9(12)14-10(16-11)8-5-4-6-13-7-8;1-15(2)10-8(12)14-9(16-10)6-3-7(11)5-13-4-6;1-14(2)10-8(11)13-9(15-10)7-4-3-5-12-6-7/h2-4H,5H2,1H3;2-5H,6H2,1H3;4-6H,3H2,1-2H3;4-7H,3H2,1-2H3;3-5H,1-2H3;3-6H,1-2H3. The van der Waals surface area contributed by atoms with E-state index in [2.05, 4.69) is 59.8 Å². The lowest BCUT2D eigenvalue weighted by Crippen LogP contribution is -2.30. The third kappa shape index (κ3) is 23.7. The predicted molar refractivity (Wildman–Crippen MR) is 377 cm³/mol. The SMILES string of the molecule is CCN(C)c1sc(-c2cccnc2)nc1F.CCN(C)c1sc(-c2cncc(F)c2)nc1F.CN(C)c1sc(-c2cccnc2)nc1F.CN(C)c1sc(-c2cncc(F)c2)nc1F.CN(CC(F)(F)F)c1sc(-c2cccnc2)nc1F.CN(CC(F)(F)F)c1sc(-c2cncc(F)c2)nc1F. The Labute approximate surface area is 603 Å². The predicted octanol–water partition coefficient (Wildman–Crippen LogP) is 17.5. The Bertz CT molecular complexity index is 4610. The van der Waals surface area contributed by atoms with Gasteiger partial charge >= 0.3 is 12.4 Å². The molecule has 0 spiro atoms. The summed E-state index contributed by atoms with van der Waals surface area (Å²) in [5, 5.41) is 4.12. The van der Waals surface area contributed by atoms with Gasteiger partial charge in [0, 0.05) is 159 Å². The number of anilines is 6. The van der Waals surface area contributed by atoms with Crippen molar-refractivity contribution in [1.29, 1.82) is 0 Å². The minimum absolute atomic E-state index is 0.0681. The number of thiazole rings is 6. The Kier molecular flexibility index (Phi) is 29.0. The minimum atomic E-state index is -4.45.